The molecule has 0 saturated carbocycles. The van der Waals surface area contributed by atoms with Gasteiger partial charge in [-0.05, 0) is 39.9 Å². The van der Waals surface area contributed by atoms with Gasteiger partial charge in [-0.15, -0.1) is 34.0 Å². The molecule has 0 aliphatic rings. The maximum absolute atomic E-state index is 13.0. The van der Waals surface area contributed by atoms with Gasteiger partial charge in [0.2, 0.25) is 0 Å². The Balaban J connectivity index is 1.98. The predicted octanol–water partition coefficient (Wildman–Crippen LogP) is 3.26. The molecule has 7 heteroatoms. The molecule has 130 valence electrons. The average molecular weight is 406 g/mol. The molecule has 0 fully saturated rings. The second-order valence-corrected chi connectivity index (χ2v) is 8.65. The highest BCUT2D eigenvalue weighted by Crippen LogP contribution is 2.25. The first-order valence-electron chi connectivity index (χ1n) is 7.95. The molecule has 0 aliphatic carbocycles. The van der Waals surface area contributed by atoms with Crippen LogP contribution in [-0.2, 0) is 6.54 Å². The van der Waals surface area contributed by atoms with E-state index in [1.54, 1.807) is 11.3 Å². The summed E-state index contributed by atoms with van der Waals surface area (Å²) < 4.78 is 3.61. The van der Waals surface area contributed by atoms with Crippen LogP contribution in [0.4, 0.5) is 0 Å². The third-order valence-electron chi connectivity index (χ3n) is 4.04. The van der Waals surface area contributed by atoms with Gasteiger partial charge in [0.05, 0.1) is 11.1 Å². The number of nitriles is 2. The molecular formula is C20H11N3OS3. The minimum atomic E-state index is -0.179. The number of nitrogens with zero attached hydrogens (tertiary/aromatic N) is 3. The van der Waals surface area contributed by atoms with Crippen LogP contribution in [0.3, 0.4) is 0 Å². The van der Waals surface area contributed by atoms with Gasteiger partial charge < -0.3 is 0 Å². The van der Waals surface area contributed by atoms with E-state index in [9.17, 15) is 15.3 Å². The van der Waals surface area contributed by atoms with Crippen molar-refractivity contribution in [3.63, 3.8) is 0 Å². The summed E-state index contributed by atoms with van der Waals surface area (Å²) in [6.07, 6.45) is 1.85. The van der Waals surface area contributed by atoms with Crippen LogP contribution in [-0.4, -0.2) is 4.57 Å². The number of benzene rings is 1. The van der Waals surface area contributed by atoms with Gasteiger partial charge in [0.1, 0.15) is 16.8 Å². The molecule has 0 radical (unpaired) electrons. The lowest BCUT2D eigenvalue weighted by Gasteiger charge is -1.98. The van der Waals surface area contributed by atoms with Crippen molar-refractivity contribution < 1.29 is 0 Å². The zero-order valence-electron chi connectivity index (χ0n) is 13.9. The van der Waals surface area contributed by atoms with Crippen LogP contribution in [0.15, 0.2) is 52.0 Å². The lowest BCUT2D eigenvalue weighted by Crippen LogP contribution is -2.32. The summed E-state index contributed by atoms with van der Waals surface area (Å²) in [4.78, 5) is 14.0. The molecule has 0 amide bonds. The van der Waals surface area contributed by atoms with E-state index in [1.807, 2.05) is 65.4 Å². The molecule has 1 aromatic carbocycles. The summed E-state index contributed by atoms with van der Waals surface area (Å²) in [5, 5.41) is 23.7. The normalized spacial score (nSPS) is 11.4. The minimum absolute atomic E-state index is 0.0384. The Kier molecular flexibility index (Phi) is 4.74. The van der Waals surface area contributed by atoms with Gasteiger partial charge in [0.25, 0.3) is 5.56 Å². The van der Waals surface area contributed by atoms with Crippen LogP contribution in [0.25, 0.3) is 21.7 Å². The van der Waals surface area contributed by atoms with Crippen LogP contribution < -0.4 is 14.8 Å². The number of thiophene rings is 2. The molecular weight excluding hydrogens is 394 g/mol. The van der Waals surface area contributed by atoms with Gasteiger partial charge in [-0.2, -0.15) is 10.5 Å². The Hall–Kier alpha value is -2.97. The SMILES string of the molecule is N#CC(C#N)=c1s/c(=C\c2csc3ccccc23)c(=O)n1Cc1cccs1. The lowest BCUT2D eigenvalue weighted by atomic mass is 10.2. The number of hydrogen-bond donors (Lipinski definition) is 0. The number of thiazole rings is 1. The molecule has 0 spiro atoms. The Morgan fingerprint density at radius 1 is 1.11 bits per heavy atom. The van der Waals surface area contributed by atoms with Crippen molar-refractivity contribution >= 4 is 55.7 Å². The van der Waals surface area contributed by atoms with Crippen molar-refractivity contribution in [2.45, 2.75) is 6.54 Å². The van der Waals surface area contributed by atoms with Crippen molar-refractivity contribution in [2.24, 2.45) is 0 Å². The molecule has 4 aromatic rings. The zero-order valence-corrected chi connectivity index (χ0v) is 16.3. The number of rotatable bonds is 3. The smallest absolute Gasteiger partial charge is 0.269 e. The molecule has 0 N–H and O–H groups in total. The Morgan fingerprint density at radius 3 is 2.67 bits per heavy atom. The summed E-state index contributed by atoms with van der Waals surface area (Å²) in [6.45, 7) is 0.355. The Labute approximate surface area is 166 Å². The van der Waals surface area contributed by atoms with Gasteiger partial charge >= 0.3 is 0 Å². The monoisotopic (exact) mass is 405 g/mol. The molecule has 0 aliphatic heterocycles. The maximum atomic E-state index is 13.0. The fraction of sp³-hybridized carbons (Fsp3) is 0.0500. The van der Waals surface area contributed by atoms with E-state index >= 15 is 0 Å². The molecule has 27 heavy (non-hydrogen) atoms. The van der Waals surface area contributed by atoms with Crippen molar-refractivity contribution in [3.05, 3.63) is 77.1 Å². The van der Waals surface area contributed by atoms with Crippen molar-refractivity contribution in [1.29, 1.82) is 10.5 Å². The maximum Gasteiger partial charge on any atom is 0.269 e. The van der Waals surface area contributed by atoms with Gasteiger partial charge in [-0.1, -0.05) is 24.3 Å². The summed E-state index contributed by atoms with van der Waals surface area (Å²) in [6, 6.07) is 15.7. The van der Waals surface area contributed by atoms with Crippen LogP contribution >= 0.6 is 34.0 Å². The average Bonchev–Trinajstić information content (AvgIpc) is 3.41. The second-order valence-electron chi connectivity index (χ2n) is 5.67. The topological polar surface area (TPSA) is 69.6 Å². The predicted molar refractivity (Wildman–Crippen MR) is 111 cm³/mol. The summed E-state index contributed by atoms with van der Waals surface area (Å²) in [5.74, 6) is 0. The first-order chi connectivity index (χ1) is 13.2. The highest BCUT2D eigenvalue weighted by molar-refractivity contribution is 7.17. The molecule has 3 aromatic heterocycles. The first kappa shape index (κ1) is 17.4. The van der Waals surface area contributed by atoms with E-state index in [1.165, 1.54) is 27.2 Å². The molecule has 4 nitrogen and oxygen atoms in total. The number of hydrogen-bond acceptors (Lipinski definition) is 6. The standard InChI is InChI=1S/C20H11N3OS3/c21-9-14(10-22)20-23(11-15-4-3-7-25-15)19(24)18(27-20)8-13-12-26-17-6-2-1-5-16(13)17/h1-8,12H,11H2/b18-8-. The van der Waals surface area contributed by atoms with Gasteiger partial charge in [-0.3, -0.25) is 9.36 Å². The van der Waals surface area contributed by atoms with Crippen LogP contribution in [0.5, 0.6) is 0 Å². The van der Waals surface area contributed by atoms with Crippen LogP contribution in [0.2, 0.25) is 0 Å². The third kappa shape index (κ3) is 3.24. The molecule has 0 unspecified atom stereocenters. The second kappa shape index (κ2) is 7.34. The Bertz CT molecular complexity index is 1370. The fourth-order valence-corrected chi connectivity index (χ4v) is 5.43. The summed E-state index contributed by atoms with van der Waals surface area (Å²) in [7, 11) is 0. The number of fused-ring (bicyclic) bond motifs is 1. The Morgan fingerprint density at radius 2 is 1.93 bits per heavy atom. The third-order valence-corrected chi connectivity index (χ3v) is 7.01. The van der Waals surface area contributed by atoms with E-state index in [2.05, 4.69) is 0 Å². The number of aromatic nitrogens is 1. The zero-order chi connectivity index (χ0) is 18.8. The molecule has 0 atom stereocenters. The quantitative estimate of drug-likeness (QED) is 0.525. The minimum Gasteiger partial charge on any atom is -0.292 e. The van der Waals surface area contributed by atoms with E-state index in [-0.39, 0.29) is 11.1 Å². The molecule has 4 rings (SSSR count). The van der Waals surface area contributed by atoms with E-state index < -0.39 is 0 Å². The van der Waals surface area contributed by atoms with E-state index in [0.29, 0.717) is 15.7 Å². The van der Waals surface area contributed by atoms with E-state index in [0.717, 1.165) is 20.5 Å². The summed E-state index contributed by atoms with van der Waals surface area (Å²) in [5.41, 5.74) is 0.754. The summed E-state index contributed by atoms with van der Waals surface area (Å²) >= 11 is 4.36. The largest absolute Gasteiger partial charge is 0.292 e. The molecule has 0 bridgehead atoms. The van der Waals surface area contributed by atoms with Crippen molar-refractivity contribution in [3.8, 4) is 12.1 Å². The molecule has 0 saturated heterocycles. The first-order valence-corrected chi connectivity index (χ1v) is 10.5. The highest BCUT2D eigenvalue weighted by Gasteiger charge is 2.11. The fourth-order valence-electron chi connectivity index (χ4n) is 2.78. The highest BCUT2D eigenvalue weighted by atomic mass is 32.1. The van der Waals surface area contributed by atoms with Crippen LogP contribution in [0, 0.1) is 22.7 Å². The van der Waals surface area contributed by atoms with Gasteiger partial charge in [-0.25, -0.2) is 0 Å². The van der Waals surface area contributed by atoms with Crippen molar-refractivity contribution in [1.82, 2.24) is 4.57 Å². The van der Waals surface area contributed by atoms with Gasteiger partial charge in [0.15, 0.2) is 5.57 Å². The van der Waals surface area contributed by atoms with E-state index in [4.69, 9.17) is 0 Å². The van der Waals surface area contributed by atoms with Gasteiger partial charge in [0, 0.05) is 9.58 Å². The van der Waals surface area contributed by atoms with Crippen LogP contribution in [0.1, 0.15) is 10.4 Å². The molecule has 3 heterocycles. The van der Waals surface area contributed by atoms with Crippen molar-refractivity contribution in [2.75, 3.05) is 0 Å². The lowest BCUT2D eigenvalue weighted by molar-refractivity contribution is 0.765.